The van der Waals surface area contributed by atoms with Crippen LogP contribution >= 0.6 is 23.2 Å². The lowest BCUT2D eigenvalue weighted by atomic mass is 10.2. The molecule has 0 radical (unpaired) electrons. The van der Waals surface area contributed by atoms with Crippen molar-refractivity contribution in [3.05, 3.63) is 29.0 Å². The third-order valence-electron chi connectivity index (χ3n) is 2.98. The maximum absolute atomic E-state index is 12.0. The fraction of sp³-hybridized carbons (Fsp3) is 0.385. The van der Waals surface area contributed by atoms with Gasteiger partial charge in [-0.3, -0.25) is 4.79 Å². The number of carbonyl (C=O) groups is 1. The second-order valence-corrected chi connectivity index (χ2v) is 4.88. The van der Waals surface area contributed by atoms with E-state index in [1.165, 1.54) is 0 Å². The lowest BCUT2D eigenvalue weighted by Gasteiger charge is -2.16. The molecule has 102 valence electrons. The molecule has 0 saturated heterocycles. The minimum atomic E-state index is -0.378. The summed E-state index contributed by atoms with van der Waals surface area (Å²) in [5.74, 6) is 0.811. The van der Waals surface area contributed by atoms with E-state index in [0.29, 0.717) is 22.9 Å². The van der Waals surface area contributed by atoms with Gasteiger partial charge in [-0.1, -0.05) is 17.7 Å². The van der Waals surface area contributed by atoms with Gasteiger partial charge >= 0.3 is 0 Å². The van der Waals surface area contributed by atoms with E-state index in [4.69, 9.17) is 23.2 Å². The Bertz CT molecular complexity index is 609. The van der Waals surface area contributed by atoms with Crippen LogP contribution in [0.4, 0.5) is 0 Å². The first-order valence-electron chi connectivity index (χ1n) is 6.09. The summed E-state index contributed by atoms with van der Waals surface area (Å²) >= 11 is 12.0. The Morgan fingerprint density at radius 2 is 2.26 bits per heavy atom. The number of alkyl halides is 1. The van der Waals surface area contributed by atoms with Crippen LogP contribution in [0.25, 0.3) is 11.0 Å². The van der Waals surface area contributed by atoms with Gasteiger partial charge in [0.1, 0.15) is 17.4 Å². The second-order valence-electron chi connectivity index (χ2n) is 4.21. The lowest BCUT2D eigenvalue weighted by Crippen LogP contribution is -2.31. The van der Waals surface area contributed by atoms with E-state index in [-0.39, 0.29) is 17.8 Å². The van der Waals surface area contributed by atoms with E-state index in [1.54, 1.807) is 6.07 Å². The summed E-state index contributed by atoms with van der Waals surface area (Å²) in [6.45, 7) is 4.30. The van der Waals surface area contributed by atoms with Crippen molar-refractivity contribution in [1.82, 2.24) is 14.9 Å². The highest BCUT2D eigenvalue weighted by molar-refractivity contribution is 6.35. The van der Waals surface area contributed by atoms with Crippen molar-refractivity contribution in [2.24, 2.45) is 0 Å². The van der Waals surface area contributed by atoms with Crippen LogP contribution < -0.4 is 5.32 Å². The number of carbonyl (C=O) groups excluding carboxylic acids is 1. The summed E-state index contributed by atoms with van der Waals surface area (Å²) in [4.78, 5) is 16.4. The summed E-state index contributed by atoms with van der Waals surface area (Å²) < 4.78 is 1.83. The number of nitrogens with one attached hydrogen (secondary N) is 1. The molecule has 1 aromatic heterocycles. The van der Waals surface area contributed by atoms with Gasteiger partial charge in [-0.2, -0.15) is 0 Å². The number of likely N-dealkylation sites (N-methyl/N-ethyl adjacent to an activating group) is 1. The Labute approximate surface area is 121 Å². The summed E-state index contributed by atoms with van der Waals surface area (Å²) in [7, 11) is 0. The largest absolute Gasteiger partial charge is 0.355 e. The van der Waals surface area contributed by atoms with Gasteiger partial charge in [0.05, 0.1) is 16.4 Å². The van der Waals surface area contributed by atoms with Crippen LogP contribution in [-0.4, -0.2) is 22.0 Å². The van der Waals surface area contributed by atoms with Gasteiger partial charge in [-0.25, -0.2) is 4.98 Å². The first kappa shape index (κ1) is 14.2. The number of halogens is 2. The van der Waals surface area contributed by atoms with E-state index < -0.39 is 0 Å². The minimum Gasteiger partial charge on any atom is -0.355 e. The molecular formula is C13H15Cl2N3O. The number of aromatic nitrogens is 2. The molecule has 1 amide bonds. The highest BCUT2D eigenvalue weighted by Gasteiger charge is 2.21. The fourth-order valence-corrected chi connectivity index (χ4v) is 2.50. The van der Waals surface area contributed by atoms with Crippen LogP contribution in [0.2, 0.25) is 5.02 Å². The number of hydrogen-bond donors (Lipinski definition) is 1. The molecular weight excluding hydrogens is 285 g/mol. The van der Waals surface area contributed by atoms with Crippen LogP contribution in [0.15, 0.2) is 18.2 Å². The molecule has 1 unspecified atom stereocenters. The van der Waals surface area contributed by atoms with Crippen molar-refractivity contribution in [2.45, 2.75) is 25.8 Å². The van der Waals surface area contributed by atoms with Gasteiger partial charge in [0.25, 0.3) is 0 Å². The highest BCUT2D eigenvalue weighted by Crippen LogP contribution is 2.27. The SMILES string of the molecule is CCNC(=O)C(C)n1c(CCl)nc2c(Cl)cccc21. The number of hydrogen-bond acceptors (Lipinski definition) is 2. The van der Waals surface area contributed by atoms with Crippen molar-refractivity contribution in [3.8, 4) is 0 Å². The zero-order valence-corrected chi connectivity index (χ0v) is 12.3. The Morgan fingerprint density at radius 3 is 2.89 bits per heavy atom. The molecule has 1 heterocycles. The molecule has 0 saturated carbocycles. The number of nitrogens with zero attached hydrogens (tertiary/aromatic N) is 2. The van der Waals surface area contributed by atoms with E-state index in [0.717, 1.165) is 5.52 Å². The first-order chi connectivity index (χ1) is 9.10. The Kier molecular flexibility index (Phi) is 4.32. The number of amides is 1. The Balaban J connectivity index is 2.57. The normalized spacial score (nSPS) is 12.6. The van der Waals surface area contributed by atoms with Gasteiger partial charge < -0.3 is 9.88 Å². The van der Waals surface area contributed by atoms with Crippen molar-refractivity contribution >= 4 is 40.1 Å². The third kappa shape index (κ3) is 2.55. The summed E-state index contributed by atoms with van der Waals surface area (Å²) in [5.41, 5.74) is 1.50. The molecule has 0 spiro atoms. The Hall–Kier alpha value is -1.26. The average molecular weight is 300 g/mol. The molecule has 6 heteroatoms. The molecule has 0 aliphatic rings. The van der Waals surface area contributed by atoms with E-state index in [9.17, 15) is 4.79 Å². The minimum absolute atomic E-state index is 0.0619. The molecule has 0 aliphatic carbocycles. The molecule has 0 bridgehead atoms. The second kappa shape index (κ2) is 5.80. The predicted molar refractivity (Wildman–Crippen MR) is 77.7 cm³/mol. The van der Waals surface area contributed by atoms with Gasteiger partial charge in [0, 0.05) is 6.54 Å². The monoisotopic (exact) mass is 299 g/mol. The van der Waals surface area contributed by atoms with Crippen molar-refractivity contribution in [3.63, 3.8) is 0 Å². The molecule has 1 aromatic carbocycles. The quantitative estimate of drug-likeness (QED) is 0.882. The van der Waals surface area contributed by atoms with Crippen LogP contribution in [-0.2, 0) is 10.7 Å². The van der Waals surface area contributed by atoms with Gasteiger partial charge in [0.15, 0.2) is 0 Å². The number of rotatable bonds is 4. The van der Waals surface area contributed by atoms with Crippen molar-refractivity contribution in [2.75, 3.05) is 6.54 Å². The zero-order chi connectivity index (χ0) is 14.0. The van der Waals surface area contributed by atoms with E-state index >= 15 is 0 Å². The molecule has 1 atom stereocenters. The van der Waals surface area contributed by atoms with Crippen LogP contribution in [0.5, 0.6) is 0 Å². The highest BCUT2D eigenvalue weighted by atomic mass is 35.5. The van der Waals surface area contributed by atoms with E-state index in [2.05, 4.69) is 10.3 Å². The van der Waals surface area contributed by atoms with Gasteiger partial charge in [-0.05, 0) is 26.0 Å². The number of imidazole rings is 1. The smallest absolute Gasteiger partial charge is 0.242 e. The Morgan fingerprint density at radius 1 is 1.53 bits per heavy atom. The summed E-state index contributed by atoms with van der Waals surface area (Å²) in [5, 5.41) is 3.36. The zero-order valence-electron chi connectivity index (χ0n) is 10.8. The molecule has 0 fully saturated rings. The van der Waals surface area contributed by atoms with Gasteiger partial charge in [-0.15, -0.1) is 11.6 Å². The predicted octanol–water partition coefficient (Wildman–Crippen LogP) is 3.13. The number of benzene rings is 1. The van der Waals surface area contributed by atoms with Gasteiger partial charge in [0.2, 0.25) is 5.91 Å². The van der Waals surface area contributed by atoms with Crippen LogP contribution in [0.1, 0.15) is 25.7 Å². The molecule has 0 aliphatic heterocycles. The van der Waals surface area contributed by atoms with E-state index in [1.807, 2.05) is 30.5 Å². The van der Waals surface area contributed by atoms with Crippen molar-refractivity contribution < 1.29 is 4.79 Å². The maximum Gasteiger partial charge on any atom is 0.242 e. The topological polar surface area (TPSA) is 46.9 Å². The molecule has 19 heavy (non-hydrogen) atoms. The van der Waals surface area contributed by atoms with Crippen LogP contribution in [0, 0.1) is 0 Å². The molecule has 1 N–H and O–H groups in total. The number of fused-ring (bicyclic) bond motifs is 1. The molecule has 4 nitrogen and oxygen atoms in total. The first-order valence-corrected chi connectivity index (χ1v) is 7.00. The molecule has 2 rings (SSSR count). The van der Waals surface area contributed by atoms with Crippen molar-refractivity contribution in [1.29, 1.82) is 0 Å². The fourth-order valence-electron chi connectivity index (χ4n) is 2.10. The molecule has 2 aromatic rings. The lowest BCUT2D eigenvalue weighted by molar-refractivity contribution is -0.123. The standard InChI is InChI=1S/C13H15Cl2N3O/c1-3-16-13(19)8(2)18-10-6-4-5-9(15)12(10)17-11(18)7-14/h4-6,8H,3,7H2,1-2H3,(H,16,19). The summed E-state index contributed by atoms with van der Waals surface area (Å²) in [6, 6.07) is 5.12. The maximum atomic E-state index is 12.0. The number of para-hydroxylation sites is 1. The average Bonchev–Trinajstić information content (AvgIpc) is 2.78. The van der Waals surface area contributed by atoms with Crippen LogP contribution in [0.3, 0.4) is 0 Å². The third-order valence-corrected chi connectivity index (χ3v) is 3.53. The summed E-state index contributed by atoms with van der Waals surface area (Å²) in [6.07, 6.45) is 0.